The number of amides is 2. The number of hydrogen-bond donors (Lipinski definition) is 1. The maximum atomic E-state index is 12.2. The average molecular weight is 447 g/mol. The molecule has 30 heavy (non-hydrogen) atoms. The van der Waals surface area contributed by atoms with Crippen LogP contribution in [-0.4, -0.2) is 63.6 Å². The topological polar surface area (TPSA) is 91.3 Å². The van der Waals surface area contributed by atoms with E-state index in [0.717, 1.165) is 24.2 Å². The number of carbonyl (C=O) groups excluding carboxylic acids is 2. The molecule has 2 aliphatic rings. The van der Waals surface area contributed by atoms with Gasteiger partial charge in [0.2, 0.25) is 11.8 Å². The van der Waals surface area contributed by atoms with E-state index in [4.69, 9.17) is 11.6 Å². The second kappa shape index (κ2) is 9.61. The van der Waals surface area contributed by atoms with Crippen molar-refractivity contribution in [1.29, 1.82) is 0 Å². The van der Waals surface area contributed by atoms with Gasteiger partial charge in [-0.1, -0.05) is 23.4 Å². The van der Waals surface area contributed by atoms with E-state index in [1.54, 1.807) is 18.5 Å². The van der Waals surface area contributed by atoms with E-state index >= 15 is 0 Å². The number of anilines is 1. The Morgan fingerprint density at radius 2 is 1.87 bits per heavy atom. The second-order valence-corrected chi connectivity index (χ2v) is 8.67. The summed E-state index contributed by atoms with van der Waals surface area (Å²) in [4.78, 5) is 41.2. The van der Waals surface area contributed by atoms with Crippen LogP contribution >= 0.6 is 23.4 Å². The van der Waals surface area contributed by atoms with Crippen LogP contribution in [0.2, 0.25) is 5.15 Å². The maximum absolute atomic E-state index is 12.2. The minimum Gasteiger partial charge on any atom is -0.353 e. The van der Waals surface area contributed by atoms with E-state index in [-0.39, 0.29) is 23.5 Å². The Labute approximate surface area is 184 Å². The van der Waals surface area contributed by atoms with Crippen LogP contribution in [0.4, 0.5) is 5.82 Å². The minimum absolute atomic E-state index is 0.103. The molecule has 4 rings (SSSR count). The van der Waals surface area contributed by atoms with Gasteiger partial charge in [-0.15, -0.1) is 0 Å². The van der Waals surface area contributed by atoms with Crippen LogP contribution in [0, 0.1) is 5.92 Å². The van der Waals surface area contributed by atoms with Crippen molar-refractivity contribution in [2.45, 2.75) is 24.5 Å². The summed E-state index contributed by atoms with van der Waals surface area (Å²) in [6.45, 7) is 3.26. The van der Waals surface area contributed by atoms with Crippen LogP contribution in [0.3, 0.4) is 0 Å². The number of carbonyl (C=O) groups is 2. The Kier molecular flexibility index (Phi) is 6.69. The van der Waals surface area contributed by atoms with Crippen LogP contribution in [0.5, 0.6) is 0 Å². The van der Waals surface area contributed by atoms with E-state index in [1.165, 1.54) is 11.8 Å². The van der Waals surface area contributed by atoms with Crippen molar-refractivity contribution in [2.24, 2.45) is 5.92 Å². The molecule has 0 atom stereocenters. The zero-order valence-electron chi connectivity index (χ0n) is 16.5. The van der Waals surface area contributed by atoms with Gasteiger partial charge >= 0.3 is 0 Å². The molecule has 158 valence electrons. The van der Waals surface area contributed by atoms with E-state index in [9.17, 15) is 9.59 Å². The molecule has 2 fully saturated rings. The first-order chi connectivity index (χ1) is 14.6. The Morgan fingerprint density at radius 1 is 1.13 bits per heavy atom. The van der Waals surface area contributed by atoms with Crippen molar-refractivity contribution in [3.05, 3.63) is 41.3 Å². The summed E-state index contributed by atoms with van der Waals surface area (Å²) in [5.41, 5.74) is 0.990. The van der Waals surface area contributed by atoms with E-state index in [0.29, 0.717) is 43.0 Å². The zero-order valence-corrected chi connectivity index (χ0v) is 18.0. The van der Waals surface area contributed by atoms with Crippen LogP contribution in [-0.2, 0) is 16.1 Å². The maximum Gasteiger partial charge on any atom is 0.230 e. The summed E-state index contributed by atoms with van der Waals surface area (Å²) >= 11 is 7.44. The van der Waals surface area contributed by atoms with E-state index in [2.05, 4.69) is 25.2 Å². The van der Waals surface area contributed by atoms with Gasteiger partial charge in [0.25, 0.3) is 0 Å². The summed E-state index contributed by atoms with van der Waals surface area (Å²) in [7, 11) is 0. The number of nitrogens with zero attached hydrogens (tertiary/aromatic N) is 5. The number of aromatic nitrogens is 3. The standard InChI is InChI=1S/C20H23ClN6O2S/c21-16-11-17(26-7-9-27(10-8-26)19(29)15-1-2-15)25-20(24-16)30-13-18(28)23-12-14-3-5-22-6-4-14/h3-6,11,15H,1-2,7-10,12-13H2,(H,23,28). The summed E-state index contributed by atoms with van der Waals surface area (Å²) in [6, 6.07) is 5.45. The molecule has 0 unspecified atom stereocenters. The summed E-state index contributed by atoms with van der Waals surface area (Å²) in [5.74, 6) is 1.36. The fourth-order valence-corrected chi connectivity index (χ4v) is 4.15. The highest BCUT2D eigenvalue weighted by Gasteiger charge is 2.34. The number of thioether (sulfide) groups is 1. The number of halogens is 1. The summed E-state index contributed by atoms with van der Waals surface area (Å²) in [6.07, 6.45) is 5.44. The van der Waals surface area contributed by atoms with Crippen molar-refractivity contribution in [3.8, 4) is 0 Å². The SMILES string of the molecule is O=C(CSc1nc(Cl)cc(N2CCN(C(=O)C3CC3)CC2)n1)NCc1ccncc1. The highest BCUT2D eigenvalue weighted by Crippen LogP contribution is 2.31. The first-order valence-corrected chi connectivity index (χ1v) is 11.3. The van der Waals surface area contributed by atoms with Crippen molar-refractivity contribution in [3.63, 3.8) is 0 Å². The molecule has 8 nitrogen and oxygen atoms in total. The molecule has 2 aromatic heterocycles. The molecule has 0 spiro atoms. The molecular weight excluding hydrogens is 424 g/mol. The number of hydrogen-bond acceptors (Lipinski definition) is 7. The average Bonchev–Trinajstić information content (AvgIpc) is 3.62. The van der Waals surface area contributed by atoms with Crippen molar-refractivity contribution < 1.29 is 9.59 Å². The predicted molar refractivity (Wildman–Crippen MR) is 115 cm³/mol. The monoisotopic (exact) mass is 446 g/mol. The molecular formula is C20H23ClN6O2S. The summed E-state index contributed by atoms with van der Waals surface area (Å²) in [5, 5.41) is 3.68. The molecule has 1 saturated carbocycles. The predicted octanol–water partition coefficient (Wildman–Crippen LogP) is 1.99. The lowest BCUT2D eigenvalue weighted by Gasteiger charge is -2.35. The lowest BCUT2D eigenvalue weighted by Crippen LogP contribution is -2.49. The van der Waals surface area contributed by atoms with Gasteiger partial charge in [0.15, 0.2) is 5.16 Å². The molecule has 0 radical (unpaired) electrons. The minimum atomic E-state index is -0.103. The molecule has 0 bridgehead atoms. The van der Waals surface area contributed by atoms with Gasteiger partial charge in [-0.3, -0.25) is 14.6 Å². The number of piperazine rings is 1. The Morgan fingerprint density at radius 3 is 2.57 bits per heavy atom. The molecule has 3 heterocycles. The first-order valence-electron chi connectivity index (χ1n) is 9.95. The molecule has 10 heteroatoms. The number of nitrogens with one attached hydrogen (secondary N) is 1. The van der Waals surface area contributed by atoms with Gasteiger partial charge in [-0.05, 0) is 30.5 Å². The smallest absolute Gasteiger partial charge is 0.230 e. The number of rotatable bonds is 7. The molecule has 1 saturated heterocycles. The third kappa shape index (κ3) is 5.60. The second-order valence-electron chi connectivity index (χ2n) is 7.34. The van der Waals surface area contributed by atoms with Crippen molar-refractivity contribution in [2.75, 3.05) is 36.8 Å². The highest BCUT2D eigenvalue weighted by atomic mass is 35.5. The molecule has 1 aliphatic heterocycles. The third-order valence-electron chi connectivity index (χ3n) is 5.07. The van der Waals surface area contributed by atoms with Crippen LogP contribution < -0.4 is 10.2 Å². The zero-order chi connectivity index (χ0) is 20.9. The van der Waals surface area contributed by atoms with Crippen molar-refractivity contribution in [1.82, 2.24) is 25.2 Å². The Hall–Kier alpha value is -2.39. The molecule has 1 aliphatic carbocycles. The quantitative estimate of drug-likeness (QED) is 0.395. The van der Waals surface area contributed by atoms with E-state index in [1.807, 2.05) is 17.0 Å². The fourth-order valence-electron chi connectivity index (χ4n) is 3.24. The largest absolute Gasteiger partial charge is 0.353 e. The fraction of sp³-hybridized carbons (Fsp3) is 0.450. The van der Waals surface area contributed by atoms with Crippen LogP contribution in [0.1, 0.15) is 18.4 Å². The molecule has 0 aromatic carbocycles. The van der Waals surface area contributed by atoms with E-state index < -0.39 is 0 Å². The first kappa shape index (κ1) is 20.9. The van der Waals surface area contributed by atoms with Gasteiger partial charge < -0.3 is 15.1 Å². The third-order valence-corrected chi connectivity index (χ3v) is 6.12. The van der Waals surface area contributed by atoms with Crippen LogP contribution in [0.15, 0.2) is 35.7 Å². The van der Waals surface area contributed by atoms with Crippen molar-refractivity contribution >= 4 is 41.0 Å². The van der Waals surface area contributed by atoms with Gasteiger partial charge in [-0.2, -0.15) is 0 Å². The lowest BCUT2D eigenvalue weighted by atomic mass is 10.2. The normalized spacial score (nSPS) is 16.4. The molecule has 1 N–H and O–H groups in total. The number of pyridine rings is 1. The highest BCUT2D eigenvalue weighted by molar-refractivity contribution is 7.99. The van der Waals surface area contributed by atoms with Gasteiger partial charge in [0, 0.05) is 57.1 Å². The molecule has 2 amide bonds. The molecule has 2 aromatic rings. The Bertz CT molecular complexity index is 903. The van der Waals surface area contributed by atoms with Gasteiger partial charge in [0.1, 0.15) is 11.0 Å². The van der Waals surface area contributed by atoms with Crippen LogP contribution in [0.25, 0.3) is 0 Å². The lowest BCUT2D eigenvalue weighted by molar-refractivity contribution is -0.132. The summed E-state index contributed by atoms with van der Waals surface area (Å²) < 4.78 is 0. The van der Waals surface area contributed by atoms with Gasteiger partial charge in [0.05, 0.1) is 5.75 Å². The Balaban J connectivity index is 1.28. The van der Waals surface area contributed by atoms with Gasteiger partial charge in [-0.25, -0.2) is 9.97 Å².